The lowest BCUT2D eigenvalue weighted by Gasteiger charge is -2.12. The summed E-state index contributed by atoms with van der Waals surface area (Å²) in [7, 11) is 0. The van der Waals surface area contributed by atoms with Crippen molar-refractivity contribution in [2.75, 3.05) is 0 Å². The summed E-state index contributed by atoms with van der Waals surface area (Å²) in [5, 5.41) is 5.27. The van der Waals surface area contributed by atoms with E-state index in [4.69, 9.17) is 0 Å². The second-order valence-electron chi connectivity index (χ2n) is 6.50. The molecule has 0 aliphatic rings. The Bertz CT molecular complexity index is 993. The van der Waals surface area contributed by atoms with E-state index in [9.17, 15) is 0 Å². The molecule has 4 aromatic carbocycles. The van der Waals surface area contributed by atoms with Crippen molar-refractivity contribution in [2.45, 2.75) is 19.8 Å². The number of hydrogen-bond acceptors (Lipinski definition) is 0. The molecule has 0 bridgehead atoms. The highest BCUT2D eigenvalue weighted by Crippen LogP contribution is 2.31. The van der Waals surface area contributed by atoms with Crippen LogP contribution in [0.4, 0.5) is 0 Å². The van der Waals surface area contributed by atoms with Crippen molar-refractivity contribution < 1.29 is 0 Å². The van der Waals surface area contributed by atoms with Crippen LogP contribution in [0, 0.1) is 0 Å². The van der Waals surface area contributed by atoms with Crippen molar-refractivity contribution >= 4 is 21.5 Å². The maximum Gasteiger partial charge on any atom is -0.0143 e. The number of benzene rings is 4. The Morgan fingerprint density at radius 1 is 0.565 bits per heavy atom. The topological polar surface area (TPSA) is 0 Å². The summed E-state index contributed by atoms with van der Waals surface area (Å²) < 4.78 is 0. The third-order valence-electron chi connectivity index (χ3n) is 4.62. The summed E-state index contributed by atoms with van der Waals surface area (Å²) in [6, 6.07) is 28.7. The quantitative estimate of drug-likeness (QED) is 0.382. The van der Waals surface area contributed by atoms with E-state index < -0.39 is 0 Å². The molecular formula is C23H20. The van der Waals surface area contributed by atoms with E-state index in [-0.39, 0.29) is 0 Å². The van der Waals surface area contributed by atoms with Gasteiger partial charge in [0, 0.05) is 0 Å². The van der Waals surface area contributed by atoms with Gasteiger partial charge in [0.05, 0.1) is 0 Å². The van der Waals surface area contributed by atoms with Gasteiger partial charge in [-0.05, 0) is 56.3 Å². The average Bonchev–Trinajstić information content (AvgIpc) is 2.60. The highest BCUT2D eigenvalue weighted by molar-refractivity contribution is 5.92. The maximum absolute atomic E-state index is 2.34. The van der Waals surface area contributed by atoms with E-state index in [2.05, 4.69) is 92.7 Å². The summed E-state index contributed by atoms with van der Waals surface area (Å²) in [4.78, 5) is 0. The van der Waals surface area contributed by atoms with Crippen LogP contribution in [-0.4, -0.2) is 0 Å². The fraction of sp³-hybridized carbons (Fsp3) is 0.130. The molecule has 0 unspecified atom stereocenters. The smallest absolute Gasteiger partial charge is 0.0143 e. The molecule has 0 spiro atoms. The first-order valence-corrected chi connectivity index (χ1v) is 8.24. The van der Waals surface area contributed by atoms with Crippen molar-refractivity contribution in [1.82, 2.24) is 0 Å². The van der Waals surface area contributed by atoms with Gasteiger partial charge in [0.25, 0.3) is 0 Å². The van der Waals surface area contributed by atoms with Gasteiger partial charge in [-0.15, -0.1) is 0 Å². The molecule has 0 amide bonds. The summed E-state index contributed by atoms with van der Waals surface area (Å²) in [6.07, 6.45) is 0. The Kier molecular flexibility index (Phi) is 3.38. The number of hydrogen-bond donors (Lipinski definition) is 0. The molecule has 112 valence electrons. The predicted octanol–water partition coefficient (Wildman–Crippen LogP) is 6.78. The van der Waals surface area contributed by atoms with Crippen LogP contribution in [0.2, 0.25) is 0 Å². The Hall–Kier alpha value is -2.60. The lowest BCUT2D eigenvalue weighted by molar-refractivity contribution is 0.876. The van der Waals surface area contributed by atoms with E-state index >= 15 is 0 Å². The fourth-order valence-corrected chi connectivity index (χ4v) is 3.35. The van der Waals surface area contributed by atoms with Gasteiger partial charge in [-0.3, -0.25) is 0 Å². The molecule has 4 aromatic rings. The Balaban J connectivity index is 1.92. The molecule has 0 aromatic heterocycles. The van der Waals surface area contributed by atoms with Gasteiger partial charge in [-0.25, -0.2) is 0 Å². The van der Waals surface area contributed by atoms with Gasteiger partial charge < -0.3 is 0 Å². The van der Waals surface area contributed by atoms with Gasteiger partial charge in [-0.1, -0.05) is 80.6 Å². The van der Waals surface area contributed by atoms with Crippen LogP contribution in [0.15, 0.2) is 78.9 Å². The fourth-order valence-electron chi connectivity index (χ4n) is 3.35. The van der Waals surface area contributed by atoms with Crippen LogP contribution in [0.1, 0.15) is 25.3 Å². The second-order valence-corrected chi connectivity index (χ2v) is 6.50. The SMILES string of the molecule is CC(C)c1cccc2ccc(-c3ccc4ccccc4c3)cc12. The molecule has 0 nitrogen and oxygen atoms in total. The van der Waals surface area contributed by atoms with Crippen molar-refractivity contribution in [1.29, 1.82) is 0 Å². The van der Waals surface area contributed by atoms with Gasteiger partial charge in [0.15, 0.2) is 0 Å². The van der Waals surface area contributed by atoms with E-state index in [0.717, 1.165) is 0 Å². The van der Waals surface area contributed by atoms with E-state index in [1.165, 1.54) is 38.2 Å². The summed E-state index contributed by atoms with van der Waals surface area (Å²) in [6.45, 7) is 4.52. The first-order valence-electron chi connectivity index (χ1n) is 8.24. The Morgan fingerprint density at radius 2 is 1.22 bits per heavy atom. The second kappa shape index (κ2) is 5.55. The van der Waals surface area contributed by atoms with Gasteiger partial charge in [-0.2, -0.15) is 0 Å². The predicted molar refractivity (Wildman–Crippen MR) is 101 cm³/mol. The molecule has 0 radical (unpaired) electrons. The van der Waals surface area contributed by atoms with Gasteiger partial charge >= 0.3 is 0 Å². The maximum atomic E-state index is 2.34. The van der Waals surface area contributed by atoms with Crippen molar-refractivity contribution in [3.8, 4) is 11.1 Å². The average molecular weight is 296 g/mol. The third-order valence-corrected chi connectivity index (χ3v) is 4.62. The van der Waals surface area contributed by atoms with Crippen LogP contribution in [0.3, 0.4) is 0 Å². The van der Waals surface area contributed by atoms with Crippen molar-refractivity contribution in [2.24, 2.45) is 0 Å². The molecule has 0 aliphatic carbocycles. The molecule has 0 heterocycles. The first kappa shape index (κ1) is 14.0. The molecule has 0 aliphatic heterocycles. The molecule has 23 heavy (non-hydrogen) atoms. The molecular weight excluding hydrogens is 276 g/mol. The largest absolute Gasteiger partial charge is 0.0616 e. The molecule has 0 atom stereocenters. The van der Waals surface area contributed by atoms with Gasteiger partial charge in [0.1, 0.15) is 0 Å². The van der Waals surface area contributed by atoms with Crippen LogP contribution < -0.4 is 0 Å². The zero-order chi connectivity index (χ0) is 15.8. The minimum absolute atomic E-state index is 0.533. The zero-order valence-corrected chi connectivity index (χ0v) is 13.6. The molecule has 0 saturated carbocycles. The highest BCUT2D eigenvalue weighted by atomic mass is 14.1. The summed E-state index contributed by atoms with van der Waals surface area (Å²) in [5.41, 5.74) is 3.99. The van der Waals surface area contributed by atoms with Crippen LogP contribution in [0.5, 0.6) is 0 Å². The minimum Gasteiger partial charge on any atom is -0.0616 e. The van der Waals surface area contributed by atoms with Crippen molar-refractivity contribution in [3.05, 3.63) is 84.4 Å². The number of rotatable bonds is 2. The van der Waals surface area contributed by atoms with Crippen LogP contribution in [0.25, 0.3) is 32.7 Å². The molecule has 0 fully saturated rings. The minimum atomic E-state index is 0.533. The molecule has 0 N–H and O–H groups in total. The first-order chi connectivity index (χ1) is 11.2. The number of fused-ring (bicyclic) bond motifs is 2. The monoisotopic (exact) mass is 296 g/mol. The third kappa shape index (κ3) is 2.51. The van der Waals surface area contributed by atoms with E-state index in [0.29, 0.717) is 5.92 Å². The highest BCUT2D eigenvalue weighted by Gasteiger charge is 2.07. The lowest BCUT2D eigenvalue weighted by Crippen LogP contribution is -1.89. The van der Waals surface area contributed by atoms with Crippen LogP contribution in [-0.2, 0) is 0 Å². The van der Waals surface area contributed by atoms with E-state index in [1.807, 2.05) is 0 Å². The van der Waals surface area contributed by atoms with Gasteiger partial charge in [0.2, 0.25) is 0 Å². The standard InChI is InChI=1S/C23H20/c1-16(2)22-9-5-8-18-11-13-21(15-23(18)22)20-12-10-17-6-3-4-7-19(17)14-20/h3-16H,1-2H3. The molecule has 4 rings (SSSR count). The summed E-state index contributed by atoms with van der Waals surface area (Å²) in [5.74, 6) is 0.533. The lowest BCUT2D eigenvalue weighted by atomic mass is 9.93. The normalized spacial score (nSPS) is 11.4. The van der Waals surface area contributed by atoms with Crippen LogP contribution >= 0.6 is 0 Å². The van der Waals surface area contributed by atoms with Crippen molar-refractivity contribution in [3.63, 3.8) is 0 Å². The molecule has 0 heteroatoms. The Morgan fingerprint density at radius 3 is 2.00 bits per heavy atom. The Labute approximate surface area is 137 Å². The molecule has 0 saturated heterocycles. The zero-order valence-electron chi connectivity index (χ0n) is 13.6. The summed E-state index contributed by atoms with van der Waals surface area (Å²) >= 11 is 0. The van der Waals surface area contributed by atoms with E-state index in [1.54, 1.807) is 0 Å².